The summed E-state index contributed by atoms with van der Waals surface area (Å²) in [5.74, 6) is -0.233. The number of aromatic nitrogens is 1. The summed E-state index contributed by atoms with van der Waals surface area (Å²) in [4.78, 5) is 26.7. The lowest BCUT2D eigenvalue weighted by Crippen LogP contribution is -2.26. The van der Waals surface area contributed by atoms with E-state index in [1.807, 2.05) is 0 Å². The Morgan fingerprint density at radius 2 is 2.19 bits per heavy atom. The van der Waals surface area contributed by atoms with Crippen LogP contribution in [-0.2, 0) is 6.54 Å². The number of H-pyrrole nitrogens is 1. The number of halogens is 2. The molecule has 21 heavy (non-hydrogen) atoms. The SMILES string of the molecule is CN(Cc1cc([N+](=O)[O-])ccc1Cl)C(=O)c1cc(Br)c[nH]1. The molecule has 1 amide bonds. The number of carbonyl (C=O) groups excluding carboxylic acids is 1. The first kappa shape index (κ1) is 15.5. The van der Waals surface area contributed by atoms with Crippen molar-refractivity contribution in [2.75, 3.05) is 7.05 Å². The molecular formula is C13H11BrClN3O3. The van der Waals surface area contributed by atoms with Gasteiger partial charge in [0.1, 0.15) is 5.69 Å². The van der Waals surface area contributed by atoms with Gasteiger partial charge in [-0.3, -0.25) is 14.9 Å². The van der Waals surface area contributed by atoms with Crippen molar-refractivity contribution in [3.63, 3.8) is 0 Å². The summed E-state index contributed by atoms with van der Waals surface area (Å²) in [7, 11) is 1.60. The second-order valence-corrected chi connectivity index (χ2v) is 5.75. The number of aromatic amines is 1. The van der Waals surface area contributed by atoms with Crippen molar-refractivity contribution in [3.05, 3.63) is 61.3 Å². The number of hydrogen-bond acceptors (Lipinski definition) is 3. The Morgan fingerprint density at radius 3 is 2.76 bits per heavy atom. The molecule has 0 bridgehead atoms. The van der Waals surface area contributed by atoms with Crippen molar-refractivity contribution in [1.82, 2.24) is 9.88 Å². The van der Waals surface area contributed by atoms with Crippen LogP contribution in [0.3, 0.4) is 0 Å². The first-order valence-electron chi connectivity index (χ1n) is 5.90. The van der Waals surface area contributed by atoms with E-state index >= 15 is 0 Å². The van der Waals surface area contributed by atoms with E-state index < -0.39 is 4.92 Å². The first-order valence-corrected chi connectivity index (χ1v) is 7.08. The minimum Gasteiger partial charge on any atom is -0.356 e. The van der Waals surface area contributed by atoms with Crippen LogP contribution in [-0.4, -0.2) is 27.8 Å². The molecule has 0 radical (unpaired) electrons. The predicted octanol–water partition coefficient (Wildman–Crippen LogP) is 3.61. The molecule has 0 aliphatic rings. The topological polar surface area (TPSA) is 79.2 Å². The lowest BCUT2D eigenvalue weighted by atomic mass is 10.2. The van der Waals surface area contributed by atoms with Gasteiger partial charge in [0.2, 0.25) is 0 Å². The Balaban J connectivity index is 2.19. The summed E-state index contributed by atoms with van der Waals surface area (Å²) in [5.41, 5.74) is 0.885. The maximum absolute atomic E-state index is 12.2. The molecule has 0 fully saturated rings. The van der Waals surface area contributed by atoms with Gasteiger partial charge in [-0.15, -0.1) is 0 Å². The zero-order valence-corrected chi connectivity index (χ0v) is 13.3. The largest absolute Gasteiger partial charge is 0.356 e. The second-order valence-electron chi connectivity index (χ2n) is 4.43. The fourth-order valence-corrected chi connectivity index (χ4v) is 2.34. The summed E-state index contributed by atoms with van der Waals surface area (Å²) in [6.45, 7) is 0.177. The Morgan fingerprint density at radius 1 is 1.48 bits per heavy atom. The Bertz CT molecular complexity index is 702. The molecule has 0 aliphatic carbocycles. The van der Waals surface area contributed by atoms with E-state index in [-0.39, 0.29) is 18.1 Å². The van der Waals surface area contributed by atoms with Crippen molar-refractivity contribution in [1.29, 1.82) is 0 Å². The molecule has 0 saturated heterocycles. The number of rotatable bonds is 4. The van der Waals surface area contributed by atoms with Crippen LogP contribution in [0.25, 0.3) is 0 Å². The van der Waals surface area contributed by atoms with Gasteiger partial charge in [-0.25, -0.2) is 0 Å². The third-order valence-electron chi connectivity index (χ3n) is 2.87. The van der Waals surface area contributed by atoms with Crippen LogP contribution < -0.4 is 0 Å². The molecule has 1 N–H and O–H groups in total. The summed E-state index contributed by atoms with van der Waals surface area (Å²) >= 11 is 9.28. The van der Waals surface area contributed by atoms with E-state index in [0.717, 1.165) is 4.47 Å². The van der Waals surface area contributed by atoms with Gasteiger partial charge in [0, 0.05) is 41.4 Å². The molecule has 0 unspecified atom stereocenters. The second kappa shape index (κ2) is 6.28. The van der Waals surface area contributed by atoms with Gasteiger partial charge >= 0.3 is 0 Å². The van der Waals surface area contributed by atoms with Crippen molar-refractivity contribution in [2.24, 2.45) is 0 Å². The summed E-state index contributed by atoms with van der Waals surface area (Å²) in [5, 5.41) is 11.2. The number of nitro groups is 1. The third-order valence-corrected chi connectivity index (χ3v) is 3.70. The van der Waals surface area contributed by atoms with Crippen LogP contribution in [0.2, 0.25) is 5.02 Å². The van der Waals surface area contributed by atoms with Gasteiger partial charge in [-0.05, 0) is 33.6 Å². The average Bonchev–Trinajstić information content (AvgIpc) is 2.86. The van der Waals surface area contributed by atoms with E-state index in [0.29, 0.717) is 16.3 Å². The van der Waals surface area contributed by atoms with Crippen molar-refractivity contribution >= 4 is 39.1 Å². The lowest BCUT2D eigenvalue weighted by molar-refractivity contribution is -0.384. The molecule has 1 aromatic carbocycles. The number of carbonyl (C=O) groups is 1. The van der Waals surface area contributed by atoms with Crippen LogP contribution in [0.15, 0.2) is 34.9 Å². The Hall–Kier alpha value is -1.86. The van der Waals surface area contributed by atoms with Gasteiger partial charge < -0.3 is 9.88 Å². The van der Waals surface area contributed by atoms with Gasteiger partial charge in [0.15, 0.2) is 0 Å². The summed E-state index contributed by atoms with van der Waals surface area (Å²) in [6.07, 6.45) is 1.65. The van der Waals surface area contributed by atoms with Crippen LogP contribution in [0, 0.1) is 10.1 Å². The molecular weight excluding hydrogens is 362 g/mol. The Kier molecular flexibility index (Phi) is 4.64. The average molecular weight is 373 g/mol. The van der Waals surface area contributed by atoms with E-state index in [2.05, 4.69) is 20.9 Å². The van der Waals surface area contributed by atoms with E-state index in [1.54, 1.807) is 19.3 Å². The molecule has 110 valence electrons. The maximum Gasteiger partial charge on any atom is 0.270 e. The number of nitrogens with one attached hydrogen (secondary N) is 1. The number of benzene rings is 1. The maximum atomic E-state index is 12.2. The van der Waals surface area contributed by atoms with E-state index in [1.165, 1.54) is 23.1 Å². The Labute approximate surface area is 134 Å². The minimum atomic E-state index is -0.496. The normalized spacial score (nSPS) is 10.4. The molecule has 8 heteroatoms. The smallest absolute Gasteiger partial charge is 0.270 e. The van der Waals surface area contributed by atoms with Gasteiger partial charge in [-0.2, -0.15) is 0 Å². The van der Waals surface area contributed by atoms with Crippen LogP contribution in [0.5, 0.6) is 0 Å². The first-order chi connectivity index (χ1) is 9.88. The number of hydrogen-bond donors (Lipinski definition) is 1. The lowest BCUT2D eigenvalue weighted by Gasteiger charge is -2.17. The number of non-ortho nitro benzene ring substituents is 1. The fraction of sp³-hybridized carbons (Fsp3) is 0.154. The van der Waals surface area contributed by atoms with Crippen LogP contribution >= 0.6 is 27.5 Å². The minimum absolute atomic E-state index is 0.0575. The van der Waals surface area contributed by atoms with Gasteiger partial charge in [0.05, 0.1) is 4.92 Å². The third kappa shape index (κ3) is 3.62. The summed E-state index contributed by atoms with van der Waals surface area (Å²) < 4.78 is 0.771. The zero-order chi connectivity index (χ0) is 15.6. The molecule has 1 aromatic heterocycles. The molecule has 2 aromatic rings. The van der Waals surface area contributed by atoms with Crippen molar-refractivity contribution in [3.8, 4) is 0 Å². The molecule has 2 rings (SSSR count). The van der Waals surface area contributed by atoms with Crippen molar-refractivity contribution < 1.29 is 9.72 Å². The fourth-order valence-electron chi connectivity index (χ4n) is 1.82. The monoisotopic (exact) mass is 371 g/mol. The molecule has 0 spiro atoms. The highest BCUT2D eigenvalue weighted by molar-refractivity contribution is 9.10. The van der Waals surface area contributed by atoms with Gasteiger partial charge in [-0.1, -0.05) is 11.6 Å². The van der Waals surface area contributed by atoms with E-state index in [9.17, 15) is 14.9 Å². The predicted molar refractivity (Wildman–Crippen MR) is 82.4 cm³/mol. The number of amides is 1. The highest BCUT2D eigenvalue weighted by atomic mass is 79.9. The van der Waals surface area contributed by atoms with Crippen LogP contribution in [0.1, 0.15) is 16.1 Å². The number of nitrogens with zero attached hydrogens (tertiary/aromatic N) is 2. The summed E-state index contributed by atoms with van der Waals surface area (Å²) in [6, 6.07) is 5.82. The standard InChI is InChI=1S/C13H11BrClN3O3/c1-17(13(19)12-5-9(14)6-16-12)7-8-4-10(18(20)21)2-3-11(8)15/h2-6,16H,7H2,1H3. The molecule has 1 heterocycles. The molecule has 6 nitrogen and oxygen atoms in total. The zero-order valence-electron chi connectivity index (χ0n) is 11.0. The van der Waals surface area contributed by atoms with Crippen molar-refractivity contribution in [2.45, 2.75) is 6.54 Å². The van der Waals surface area contributed by atoms with E-state index in [4.69, 9.17) is 11.6 Å². The quantitative estimate of drug-likeness (QED) is 0.657. The molecule has 0 aliphatic heterocycles. The molecule has 0 saturated carbocycles. The number of nitro benzene ring substituents is 1. The highest BCUT2D eigenvalue weighted by Gasteiger charge is 2.17. The van der Waals surface area contributed by atoms with Crippen LogP contribution in [0.4, 0.5) is 5.69 Å². The highest BCUT2D eigenvalue weighted by Crippen LogP contribution is 2.23. The van der Waals surface area contributed by atoms with Gasteiger partial charge in [0.25, 0.3) is 11.6 Å². The molecule has 0 atom stereocenters.